The first-order valence-corrected chi connectivity index (χ1v) is 8.65. The Hall–Kier alpha value is -3.29. The summed E-state index contributed by atoms with van der Waals surface area (Å²) >= 11 is 0. The maximum atomic E-state index is 12.6. The fourth-order valence-corrected chi connectivity index (χ4v) is 2.63. The van der Waals surface area contributed by atoms with E-state index in [1.54, 1.807) is 17.9 Å². The largest absolute Gasteiger partial charge is 0.416 e. The summed E-state index contributed by atoms with van der Waals surface area (Å²) in [4.78, 5) is 4.14. The minimum Gasteiger partial charge on any atom is -0.352 e. The van der Waals surface area contributed by atoms with E-state index in [4.69, 9.17) is 0 Å². The molecule has 3 aromatic rings. The third-order valence-electron chi connectivity index (χ3n) is 4.10. The molecule has 0 fully saturated rings. The Balaban J connectivity index is 1.55. The number of guanidine groups is 1. The summed E-state index contributed by atoms with van der Waals surface area (Å²) in [5.74, 6) is 0.560. The lowest BCUT2D eigenvalue weighted by atomic mass is 10.1. The predicted molar refractivity (Wildman–Crippen MR) is 102 cm³/mol. The van der Waals surface area contributed by atoms with E-state index in [-0.39, 0.29) is 0 Å². The van der Waals surface area contributed by atoms with E-state index in [2.05, 4.69) is 20.7 Å². The number of nitrogens with zero attached hydrogens (tertiary/aromatic N) is 3. The maximum Gasteiger partial charge on any atom is 0.416 e. The minimum atomic E-state index is -4.33. The van der Waals surface area contributed by atoms with Gasteiger partial charge in [0.25, 0.3) is 0 Å². The second kappa shape index (κ2) is 8.60. The zero-order valence-corrected chi connectivity index (χ0v) is 15.2. The molecular formula is C20H20F3N5. The van der Waals surface area contributed by atoms with Crippen LogP contribution in [0.25, 0.3) is 5.69 Å². The summed E-state index contributed by atoms with van der Waals surface area (Å²) in [6, 6.07) is 14.8. The van der Waals surface area contributed by atoms with Gasteiger partial charge < -0.3 is 10.6 Å². The number of aliphatic imine (C=N–C) groups is 1. The quantitative estimate of drug-likeness (QED) is 0.518. The van der Waals surface area contributed by atoms with E-state index < -0.39 is 11.7 Å². The second-order valence-corrected chi connectivity index (χ2v) is 6.09. The highest BCUT2D eigenvalue weighted by Gasteiger charge is 2.29. The molecule has 8 heteroatoms. The van der Waals surface area contributed by atoms with Gasteiger partial charge in [-0.2, -0.15) is 18.3 Å². The average Bonchev–Trinajstić information content (AvgIpc) is 3.23. The Kier molecular flexibility index (Phi) is 5.98. The van der Waals surface area contributed by atoms with Gasteiger partial charge in [0.2, 0.25) is 0 Å². The van der Waals surface area contributed by atoms with Crippen molar-refractivity contribution in [1.82, 2.24) is 20.4 Å². The summed E-state index contributed by atoms with van der Waals surface area (Å²) in [6.07, 6.45) is -0.733. The van der Waals surface area contributed by atoms with Gasteiger partial charge in [-0.3, -0.25) is 4.99 Å². The summed E-state index contributed by atoms with van der Waals surface area (Å²) in [6.45, 7) is 0.910. The van der Waals surface area contributed by atoms with E-state index in [9.17, 15) is 13.2 Å². The number of hydrogen-bond acceptors (Lipinski definition) is 2. The number of benzene rings is 2. The van der Waals surface area contributed by atoms with Gasteiger partial charge in [-0.15, -0.1) is 0 Å². The fourth-order valence-electron chi connectivity index (χ4n) is 2.63. The van der Waals surface area contributed by atoms with Crippen LogP contribution in [-0.4, -0.2) is 22.8 Å². The van der Waals surface area contributed by atoms with E-state index >= 15 is 0 Å². The topological polar surface area (TPSA) is 54.2 Å². The van der Waals surface area contributed by atoms with Crippen LogP contribution in [0.3, 0.4) is 0 Å². The zero-order chi connectivity index (χ0) is 20.0. The molecule has 0 amide bonds. The summed E-state index contributed by atoms with van der Waals surface area (Å²) in [5.41, 5.74) is 2.08. The summed E-state index contributed by atoms with van der Waals surface area (Å²) < 4.78 is 39.6. The molecule has 0 bridgehead atoms. The van der Waals surface area contributed by atoms with Crippen LogP contribution in [0, 0.1) is 0 Å². The smallest absolute Gasteiger partial charge is 0.352 e. The van der Waals surface area contributed by atoms with E-state index in [0.717, 1.165) is 28.9 Å². The second-order valence-electron chi connectivity index (χ2n) is 6.09. The van der Waals surface area contributed by atoms with Crippen molar-refractivity contribution < 1.29 is 13.2 Å². The van der Waals surface area contributed by atoms with Gasteiger partial charge in [-0.1, -0.05) is 24.3 Å². The van der Waals surface area contributed by atoms with Gasteiger partial charge in [-0.25, -0.2) is 4.68 Å². The van der Waals surface area contributed by atoms with Crippen LogP contribution in [0.5, 0.6) is 0 Å². The zero-order valence-electron chi connectivity index (χ0n) is 15.2. The Morgan fingerprint density at radius 2 is 1.71 bits per heavy atom. The molecule has 1 heterocycles. The van der Waals surface area contributed by atoms with Crippen molar-refractivity contribution in [2.24, 2.45) is 4.99 Å². The first kappa shape index (κ1) is 19.5. The average molecular weight is 387 g/mol. The standard InChI is InChI=1S/C20H20F3N5/c1-24-19(25-13-15-6-8-17(9-7-15)20(21,22)23)26-14-16-4-2-5-18(12-16)28-11-3-10-27-28/h2-12H,13-14H2,1H3,(H2,24,25,26). The molecule has 3 rings (SSSR count). The number of alkyl halides is 3. The van der Waals surface area contributed by atoms with Crippen LogP contribution in [0.15, 0.2) is 72.0 Å². The van der Waals surface area contributed by atoms with Crippen molar-refractivity contribution in [2.75, 3.05) is 7.05 Å². The lowest BCUT2D eigenvalue weighted by Gasteiger charge is -2.13. The predicted octanol–water partition coefficient (Wildman–Crippen LogP) is 3.76. The van der Waals surface area contributed by atoms with E-state index in [1.165, 1.54) is 12.1 Å². The molecule has 0 aliphatic carbocycles. The number of rotatable bonds is 5. The van der Waals surface area contributed by atoms with Crippen molar-refractivity contribution >= 4 is 5.96 Å². The molecule has 1 aromatic heterocycles. The molecule has 0 aliphatic heterocycles. The Bertz CT molecular complexity index is 916. The van der Waals surface area contributed by atoms with Gasteiger partial charge in [0.15, 0.2) is 5.96 Å². The van der Waals surface area contributed by atoms with Crippen LogP contribution in [0.1, 0.15) is 16.7 Å². The van der Waals surface area contributed by atoms with Gasteiger partial charge in [-0.05, 0) is 41.5 Å². The molecule has 2 aromatic carbocycles. The van der Waals surface area contributed by atoms with Crippen molar-refractivity contribution in [1.29, 1.82) is 0 Å². The van der Waals surface area contributed by atoms with Gasteiger partial charge in [0.05, 0.1) is 11.3 Å². The van der Waals surface area contributed by atoms with Crippen molar-refractivity contribution in [2.45, 2.75) is 19.3 Å². The van der Waals surface area contributed by atoms with Crippen LogP contribution < -0.4 is 10.6 Å². The fraction of sp³-hybridized carbons (Fsp3) is 0.200. The molecular weight excluding hydrogens is 367 g/mol. The highest BCUT2D eigenvalue weighted by atomic mass is 19.4. The maximum absolute atomic E-state index is 12.6. The molecule has 0 atom stereocenters. The number of nitrogens with one attached hydrogen (secondary N) is 2. The number of aromatic nitrogens is 2. The summed E-state index contributed by atoms with van der Waals surface area (Å²) in [5, 5.41) is 10.5. The van der Waals surface area contributed by atoms with Gasteiger partial charge in [0, 0.05) is 32.5 Å². The molecule has 2 N–H and O–H groups in total. The van der Waals surface area contributed by atoms with Crippen molar-refractivity contribution in [3.8, 4) is 5.69 Å². The Labute approximate surface area is 160 Å². The molecule has 0 spiro atoms. The van der Waals surface area contributed by atoms with Crippen LogP contribution >= 0.6 is 0 Å². The highest BCUT2D eigenvalue weighted by Crippen LogP contribution is 2.29. The first-order valence-electron chi connectivity index (χ1n) is 8.65. The molecule has 0 unspecified atom stereocenters. The van der Waals surface area contributed by atoms with Crippen LogP contribution in [-0.2, 0) is 19.3 Å². The molecule has 0 saturated heterocycles. The third kappa shape index (κ3) is 5.12. The third-order valence-corrected chi connectivity index (χ3v) is 4.10. The minimum absolute atomic E-state index is 0.366. The molecule has 146 valence electrons. The lowest BCUT2D eigenvalue weighted by molar-refractivity contribution is -0.137. The van der Waals surface area contributed by atoms with Crippen LogP contribution in [0.2, 0.25) is 0 Å². The van der Waals surface area contributed by atoms with Crippen molar-refractivity contribution in [3.63, 3.8) is 0 Å². The van der Waals surface area contributed by atoms with E-state index in [0.29, 0.717) is 19.0 Å². The Morgan fingerprint density at radius 1 is 1.00 bits per heavy atom. The van der Waals surface area contributed by atoms with Gasteiger partial charge >= 0.3 is 6.18 Å². The number of hydrogen-bond donors (Lipinski definition) is 2. The lowest BCUT2D eigenvalue weighted by Crippen LogP contribution is -2.36. The molecule has 28 heavy (non-hydrogen) atoms. The molecule has 0 aliphatic rings. The molecule has 5 nitrogen and oxygen atoms in total. The van der Waals surface area contributed by atoms with Crippen LogP contribution in [0.4, 0.5) is 13.2 Å². The first-order chi connectivity index (χ1) is 13.5. The van der Waals surface area contributed by atoms with Crippen molar-refractivity contribution in [3.05, 3.63) is 83.7 Å². The normalized spacial score (nSPS) is 12.1. The molecule has 0 saturated carbocycles. The Morgan fingerprint density at radius 3 is 2.32 bits per heavy atom. The SMILES string of the molecule is CN=C(NCc1ccc(C(F)(F)F)cc1)NCc1cccc(-n2cccn2)c1. The monoisotopic (exact) mass is 387 g/mol. The van der Waals surface area contributed by atoms with E-state index in [1.807, 2.05) is 36.5 Å². The summed E-state index contributed by atoms with van der Waals surface area (Å²) in [7, 11) is 1.64. The highest BCUT2D eigenvalue weighted by molar-refractivity contribution is 5.79. The molecule has 0 radical (unpaired) electrons. The number of halogens is 3. The van der Waals surface area contributed by atoms with Gasteiger partial charge in [0.1, 0.15) is 0 Å².